The highest BCUT2D eigenvalue weighted by atomic mass is 16.5. The van der Waals surface area contributed by atoms with Gasteiger partial charge in [0.25, 0.3) is 0 Å². The number of carbonyl (C=O) groups excluding carboxylic acids is 2. The van der Waals surface area contributed by atoms with Crippen LogP contribution >= 0.6 is 0 Å². The van der Waals surface area contributed by atoms with Crippen molar-refractivity contribution in [3.05, 3.63) is 57.6 Å². The van der Waals surface area contributed by atoms with Crippen molar-refractivity contribution in [2.45, 2.75) is 98.3 Å². The van der Waals surface area contributed by atoms with Crippen molar-refractivity contribution in [1.82, 2.24) is 0 Å². The molecule has 0 heterocycles. The second-order valence-corrected chi connectivity index (χ2v) is 11.9. The third-order valence-corrected chi connectivity index (χ3v) is 6.32. The van der Waals surface area contributed by atoms with Crippen LogP contribution in [0.5, 0.6) is 11.5 Å². The number of rotatable bonds is 10. The number of benzene rings is 2. The van der Waals surface area contributed by atoms with Crippen molar-refractivity contribution in [1.29, 1.82) is 0 Å². The molecule has 6 heteroatoms. The van der Waals surface area contributed by atoms with Crippen molar-refractivity contribution >= 4 is 11.9 Å². The summed E-state index contributed by atoms with van der Waals surface area (Å²) in [5, 5.41) is 22.5. The molecule has 0 bridgehead atoms. The predicted octanol–water partition coefficient (Wildman–Crippen LogP) is 6.28. The zero-order valence-electron chi connectivity index (χ0n) is 23.8. The van der Waals surface area contributed by atoms with Crippen LogP contribution in [0.3, 0.4) is 0 Å². The molecule has 2 rings (SSSR count). The van der Waals surface area contributed by atoms with E-state index in [4.69, 9.17) is 9.47 Å². The lowest BCUT2D eigenvalue weighted by molar-refractivity contribution is -0.142. The Labute approximate surface area is 222 Å². The third-order valence-electron chi connectivity index (χ3n) is 6.32. The van der Waals surface area contributed by atoms with Crippen LogP contribution in [0.15, 0.2) is 24.3 Å². The highest BCUT2D eigenvalue weighted by Gasteiger charge is 2.25. The second-order valence-electron chi connectivity index (χ2n) is 11.9. The Morgan fingerprint density at radius 3 is 1.32 bits per heavy atom. The molecule has 2 aromatic rings. The Bertz CT molecular complexity index is 1010. The molecule has 0 aliphatic carbocycles. The van der Waals surface area contributed by atoms with Gasteiger partial charge in [0.2, 0.25) is 0 Å². The summed E-state index contributed by atoms with van der Waals surface area (Å²) in [5.41, 5.74) is 4.75. The third kappa shape index (κ3) is 9.10. The number of aromatic hydroxyl groups is 2. The van der Waals surface area contributed by atoms with Gasteiger partial charge < -0.3 is 19.7 Å². The summed E-state index contributed by atoms with van der Waals surface area (Å²) in [7, 11) is 0. The highest BCUT2D eigenvalue weighted by Crippen LogP contribution is 2.39. The van der Waals surface area contributed by atoms with Gasteiger partial charge in [-0.25, -0.2) is 0 Å². The summed E-state index contributed by atoms with van der Waals surface area (Å²) in [6, 6.07) is 8.03. The van der Waals surface area contributed by atoms with Crippen molar-refractivity contribution in [2.24, 2.45) is 0 Å². The lowest BCUT2D eigenvalue weighted by atomic mass is 9.81. The fraction of sp³-hybridized carbons (Fsp3) is 0.548. The first-order valence-corrected chi connectivity index (χ1v) is 13.1. The van der Waals surface area contributed by atoms with Gasteiger partial charge in [0.1, 0.15) is 11.5 Å². The lowest BCUT2D eigenvalue weighted by Gasteiger charge is -2.25. The number of hydrogen-bond acceptors (Lipinski definition) is 6. The maximum Gasteiger partial charge on any atom is 0.302 e. The summed E-state index contributed by atoms with van der Waals surface area (Å²) >= 11 is 0. The first-order valence-electron chi connectivity index (χ1n) is 13.1. The van der Waals surface area contributed by atoms with Gasteiger partial charge in [-0.2, -0.15) is 0 Å². The van der Waals surface area contributed by atoms with Crippen molar-refractivity contribution in [3.63, 3.8) is 0 Å². The largest absolute Gasteiger partial charge is 0.507 e. The molecule has 2 aromatic carbocycles. The molecule has 0 radical (unpaired) electrons. The molecular formula is C31H44O6. The minimum atomic E-state index is -0.292. The molecular weight excluding hydrogens is 468 g/mol. The molecule has 0 saturated heterocycles. The fourth-order valence-electron chi connectivity index (χ4n) is 4.41. The number of carbonyl (C=O) groups is 2. The number of esters is 2. The molecule has 0 aromatic heterocycles. The van der Waals surface area contributed by atoms with Gasteiger partial charge in [-0.3, -0.25) is 9.59 Å². The van der Waals surface area contributed by atoms with Gasteiger partial charge in [0.15, 0.2) is 0 Å². The Balaban J connectivity index is 2.46. The molecule has 6 nitrogen and oxygen atoms in total. The van der Waals surface area contributed by atoms with Crippen LogP contribution in [0.1, 0.15) is 102 Å². The lowest BCUT2D eigenvalue weighted by Crippen LogP contribution is -2.14. The number of phenols is 2. The van der Waals surface area contributed by atoms with Gasteiger partial charge in [0.05, 0.1) is 13.2 Å². The first kappa shape index (κ1) is 30.2. The van der Waals surface area contributed by atoms with Crippen molar-refractivity contribution in [3.8, 4) is 11.5 Å². The number of aryl methyl sites for hydroxylation is 2. The monoisotopic (exact) mass is 512 g/mol. The SMILES string of the molecule is CC(=O)OCCCc1cc(Cc2cc(CCCOC(C)=O)cc(C(C)(C)C)c2O)c(O)c(C(C)(C)C)c1. The molecule has 2 N–H and O–H groups in total. The zero-order valence-corrected chi connectivity index (χ0v) is 23.8. The second kappa shape index (κ2) is 12.5. The van der Waals surface area contributed by atoms with Crippen molar-refractivity contribution < 1.29 is 29.3 Å². The molecule has 0 atom stereocenters. The van der Waals surface area contributed by atoms with E-state index in [2.05, 4.69) is 41.5 Å². The van der Waals surface area contributed by atoms with E-state index in [-0.39, 0.29) is 34.3 Å². The van der Waals surface area contributed by atoms with Crippen LogP contribution in [0.2, 0.25) is 0 Å². The van der Waals surface area contributed by atoms with E-state index in [1.54, 1.807) is 0 Å². The number of phenolic OH excluding ortho intramolecular Hbond substituents is 2. The van der Waals surface area contributed by atoms with Crippen LogP contribution in [-0.4, -0.2) is 35.4 Å². The molecule has 0 spiro atoms. The molecule has 0 aliphatic heterocycles. The minimum Gasteiger partial charge on any atom is -0.507 e. The van der Waals surface area contributed by atoms with Gasteiger partial charge in [-0.1, -0.05) is 65.8 Å². The predicted molar refractivity (Wildman–Crippen MR) is 146 cm³/mol. The van der Waals surface area contributed by atoms with E-state index in [1.807, 2.05) is 24.3 Å². The molecule has 0 aliphatic rings. The minimum absolute atomic E-state index is 0.244. The fourth-order valence-corrected chi connectivity index (χ4v) is 4.41. The first-order chi connectivity index (χ1) is 17.1. The van der Waals surface area contributed by atoms with Crippen LogP contribution in [0.25, 0.3) is 0 Å². The van der Waals surface area contributed by atoms with E-state index < -0.39 is 0 Å². The van der Waals surface area contributed by atoms with Gasteiger partial charge >= 0.3 is 11.9 Å². The van der Waals surface area contributed by atoms with Crippen LogP contribution in [0.4, 0.5) is 0 Å². The molecule has 0 saturated carbocycles. The summed E-state index contributed by atoms with van der Waals surface area (Å²) < 4.78 is 10.2. The average molecular weight is 513 g/mol. The summed E-state index contributed by atoms with van der Waals surface area (Å²) in [4.78, 5) is 22.2. The Morgan fingerprint density at radius 2 is 1.03 bits per heavy atom. The Hall–Kier alpha value is -3.02. The van der Waals surface area contributed by atoms with Crippen LogP contribution < -0.4 is 0 Å². The standard InChI is InChI=1S/C31H44O6/c1-20(32)36-13-9-11-22-15-24(28(34)26(17-22)30(3,4)5)19-25-16-23(12-10-14-37-21(2)33)18-27(29(25)35)31(6,7)8/h15-18,34-35H,9-14,19H2,1-8H3. The molecule has 37 heavy (non-hydrogen) atoms. The normalized spacial score (nSPS) is 11.9. The summed E-state index contributed by atoms with van der Waals surface area (Å²) in [6.07, 6.45) is 3.16. The molecule has 0 amide bonds. The van der Waals surface area contributed by atoms with Crippen LogP contribution in [0, 0.1) is 0 Å². The van der Waals surface area contributed by atoms with Crippen molar-refractivity contribution in [2.75, 3.05) is 13.2 Å². The number of hydrogen-bond donors (Lipinski definition) is 2. The van der Waals surface area contributed by atoms with E-state index >= 15 is 0 Å². The maximum atomic E-state index is 11.3. The van der Waals surface area contributed by atoms with E-state index in [0.717, 1.165) is 33.4 Å². The van der Waals surface area contributed by atoms with Gasteiger partial charge in [-0.05, 0) is 69.9 Å². The Morgan fingerprint density at radius 1 is 0.676 bits per heavy atom. The zero-order chi connectivity index (χ0) is 28.0. The average Bonchev–Trinajstić information content (AvgIpc) is 2.76. The maximum absolute atomic E-state index is 11.3. The quantitative estimate of drug-likeness (QED) is 0.288. The van der Waals surface area contributed by atoms with E-state index in [1.165, 1.54) is 13.8 Å². The number of ether oxygens (including phenoxy) is 2. The molecule has 0 fully saturated rings. The van der Waals surface area contributed by atoms with E-state index in [9.17, 15) is 19.8 Å². The highest BCUT2D eigenvalue weighted by molar-refractivity contribution is 5.66. The van der Waals surface area contributed by atoms with E-state index in [0.29, 0.717) is 45.3 Å². The van der Waals surface area contributed by atoms with Gasteiger partial charge in [-0.15, -0.1) is 0 Å². The smallest absolute Gasteiger partial charge is 0.302 e. The summed E-state index contributed by atoms with van der Waals surface area (Å²) in [6.45, 7) is 15.9. The molecule has 0 unspecified atom stereocenters. The van der Waals surface area contributed by atoms with Crippen LogP contribution in [-0.2, 0) is 49.2 Å². The Kier molecular flexibility index (Phi) is 10.2. The molecule has 204 valence electrons. The topological polar surface area (TPSA) is 93.1 Å². The van der Waals surface area contributed by atoms with Gasteiger partial charge in [0, 0.05) is 20.3 Å². The summed E-state index contributed by atoms with van der Waals surface area (Å²) in [5.74, 6) is -0.0966.